The maximum absolute atomic E-state index is 11.1. The maximum Gasteiger partial charge on any atom is 0.303 e. The average molecular weight is 389 g/mol. The lowest BCUT2D eigenvalue weighted by molar-refractivity contribution is -0.137. The normalized spacial score (nSPS) is 36.0. The van der Waals surface area contributed by atoms with E-state index in [9.17, 15) is 9.90 Å². The Hall–Kier alpha value is -1.39. The summed E-state index contributed by atoms with van der Waals surface area (Å²) in [5, 5.41) is 19.2. The van der Waals surface area contributed by atoms with E-state index in [0.717, 1.165) is 19.3 Å². The van der Waals surface area contributed by atoms with Crippen molar-refractivity contribution in [2.24, 2.45) is 29.6 Å². The SMILES string of the molecule is COC1C=CC(C2C=C(CO)C(C3C=C(C)CCC3)CC2)C(CCC(=O)O)C1. The molecule has 0 heterocycles. The summed E-state index contributed by atoms with van der Waals surface area (Å²) in [6.45, 7) is 2.37. The Labute approximate surface area is 169 Å². The minimum absolute atomic E-state index is 0.0861. The van der Waals surface area contributed by atoms with E-state index in [-0.39, 0.29) is 19.1 Å². The quantitative estimate of drug-likeness (QED) is 0.618. The van der Waals surface area contributed by atoms with Crippen LogP contribution in [0.5, 0.6) is 0 Å². The lowest BCUT2D eigenvalue weighted by Crippen LogP contribution is -2.33. The highest BCUT2D eigenvalue weighted by molar-refractivity contribution is 5.66. The van der Waals surface area contributed by atoms with E-state index >= 15 is 0 Å². The molecular weight excluding hydrogens is 352 g/mol. The van der Waals surface area contributed by atoms with Crippen molar-refractivity contribution in [2.45, 2.75) is 64.4 Å². The monoisotopic (exact) mass is 388 g/mol. The first-order valence-corrected chi connectivity index (χ1v) is 10.9. The molecule has 0 saturated carbocycles. The Balaban J connectivity index is 1.76. The van der Waals surface area contributed by atoms with Gasteiger partial charge in [0.25, 0.3) is 0 Å². The molecule has 0 aromatic rings. The fourth-order valence-corrected chi connectivity index (χ4v) is 5.70. The molecule has 0 bridgehead atoms. The number of hydrogen-bond acceptors (Lipinski definition) is 3. The van der Waals surface area contributed by atoms with Crippen molar-refractivity contribution in [3.8, 4) is 0 Å². The molecule has 0 amide bonds. The third kappa shape index (κ3) is 5.15. The van der Waals surface area contributed by atoms with Crippen LogP contribution in [-0.4, -0.2) is 36.0 Å². The molecule has 0 aromatic carbocycles. The van der Waals surface area contributed by atoms with E-state index in [2.05, 4.69) is 31.2 Å². The van der Waals surface area contributed by atoms with Gasteiger partial charge in [0, 0.05) is 13.5 Å². The van der Waals surface area contributed by atoms with Crippen LogP contribution in [0, 0.1) is 29.6 Å². The number of rotatable bonds is 7. The van der Waals surface area contributed by atoms with Gasteiger partial charge in [0.1, 0.15) is 0 Å². The Morgan fingerprint density at radius 2 is 2.00 bits per heavy atom. The molecular formula is C24H36O4. The van der Waals surface area contributed by atoms with Crippen LogP contribution in [0.25, 0.3) is 0 Å². The van der Waals surface area contributed by atoms with Gasteiger partial charge in [0.15, 0.2) is 0 Å². The van der Waals surface area contributed by atoms with Gasteiger partial charge in [-0.2, -0.15) is 0 Å². The number of carboxylic acids is 1. The van der Waals surface area contributed by atoms with Crippen LogP contribution in [0.2, 0.25) is 0 Å². The van der Waals surface area contributed by atoms with Crippen LogP contribution in [0.4, 0.5) is 0 Å². The zero-order valence-electron chi connectivity index (χ0n) is 17.3. The minimum Gasteiger partial charge on any atom is -0.481 e. The zero-order valence-corrected chi connectivity index (χ0v) is 17.3. The minimum atomic E-state index is -0.725. The van der Waals surface area contributed by atoms with Crippen molar-refractivity contribution >= 4 is 5.97 Å². The highest BCUT2D eigenvalue weighted by Gasteiger charge is 2.36. The number of hydrogen-bond donors (Lipinski definition) is 2. The third-order valence-corrected chi connectivity index (χ3v) is 7.18. The topological polar surface area (TPSA) is 66.8 Å². The number of carboxylic acid groups (broad SMARTS) is 1. The van der Waals surface area contributed by atoms with E-state index in [0.29, 0.717) is 36.0 Å². The van der Waals surface area contributed by atoms with Crippen molar-refractivity contribution in [2.75, 3.05) is 13.7 Å². The Bertz CT molecular complexity index is 633. The van der Waals surface area contributed by atoms with Crippen LogP contribution in [0.15, 0.2) is 35.5 Å². The summed E-state index contributed by atoms with van der Waals surface area (Å²) in [6.07, 6.45) is 17.0. The second kappa shape index (κ2) is 9.89. The number of allylic oxidation sites excluding steroid dienone is 4. The molecule has 6 unspecified atom stereocenters. The number of carbonyl (C=O) groups is 1. The number of ether oxygens (including phenoxy) is 1. The summed E-state index contributed by atoms with van der Waals surface area (Å²) < 4.78 is 5.52. The van der Waals surface area contributed by atoms with E-state index < -0.39 is 5.97 Å². The molecule has 6 atom stereocenters. The highest BCUT2D eigenvalue weighted by atomic mass is 16.5. The third-order valence-electron chi connectivity index (χ3n) is 7.18. The van der Waals surface area contributed by atoms with Gasteiger partial charge in [-0.15, -0.1) is 0 Å². The Morgan fingerprint density at radius 3 is 2.68 bits per heavy atom. The summed E-state index contributed by atoms with van der Waals surface area (Å²) in [5.74, 6) is 1.36. The maximum atomic E-state index is 11.1. The standard InChI is InChI=1S/C24H36O4/c1-16-4-3-5-17(12-16)23-9-6-18(13-20(23)15-25)22-10-8-21(28-2)14-19(22)7-11-24(26)27/h8,10,12-13,17-19,21-23,25H,3-7,9,11,14-15H2,1-2H3,(H,26,27). The van der Waals surface area contributed by atoms with Crippen LogP contribution in [0.3, 0.4) is 0 Å². The van der Waals surface area contributed by atoms with Crippen LogP contribution < -0.4 is 0 Å². The molecule has 28 heavy (non-hydrogen) atoms. The smallest absolute Gasteiger partial charge is 0.303 e. The fourth-order valence-electron chi connectivity index (χ4n) is 5.70. The first kappa shape index (κ1) is 21.3. The van der Waals surface area contributed by atoms with E-state index in [1.165, 1.54) is 30.4 Å². The second-order valence-electron chi connectivity index (χ2n) is 8.98. The summed E-state index contributed by atoms with van der Waals surface area (Å²) in [7, 11) is 1.72. The van der Waals surface area contributed by atoms with E-state index in [1.807, 2.05) is 0 Å². The molecule has 3 aliphatic carbocycles. The largest absolute Gasteiger partial charge is 0.481 e. The van der Waals surface area contributed by atoms with Gasteiger partial charge in [-0.3, -0.25) is 4.79 Å². The molecule has 2 N–H and O–H groups in total. The van der Waals surface area contributed by atoms with Gasteiger partial charge in [0.05, 0.1) is 12.7 Å². The number of aliphatic carboxylic acids is 1. The van der Waals surface area contributed by atoms with Crippen molar-refractivity contribution < 1.29 is 19.7 Å². The molecule has 0 fully saturated rings. The first-order chi connectivity index (χ1) is 13.5. The molecule has 0 saturated heterocycles. The van der Waals surface area contributed by atoms with Crippen LogP contribution >= 0.6 is 0 Å². The molecule has 4 heteroatoms. The number of methoxy groups -OCH3 is 1. The van der Waals surface area contributed by atoms with Gasteiger partial charge < -0.3 is 14.9 Å². The Kier molecular flexibility index (Phi) is 7.53. The fraction of sp³-hybridized carbons (Fsp3) is 0.708. The van der Waals surface area contributed by atoms with Gasteiger partial charge in [-0.05, 0) is 87.0 Å². The average Bonchev–Trinajstić information content (AvgIpc) is 2.71. The van der Waals surface area contributed by atoms with Crippen molar-refractivity contribution in [3.05, 3.63) is 35.5 Å². The van der Waals surface area contributed by atoms with E-state index in [4.69, 9.17) is 9.84 Å². The molecule has 0 aliphatic heterocycles. The summed E-state index contributed by atoms with van der Waals surface area (Å²) in [6, 6.07) is 0. The number of aliphatic hydroxyl groups is 1. The van der Waals surface area contributed by atoms with Crippen molar-refractivity contribution in [3.63, 3.8) is 0 Å². The van der Waals surface area contributed by atoms with Crippen LogP contribution in [-0.2, 0) is 9.53 Å². The molecule has 0 aromatic heterocycles. The first-order valence-electron chi connectivity index (χ1n) is 10.9. The lowest BCUT2D eigenvalue weighted by atomic mass is 9.66. The summed E-state index contributed by atoms with van der Waals surface area (Å²) in [5.41, 5.74) is 2.69. The van der Waals surface area contributed by atoms with Crippen LogP contribution in [0.1, 0.15) is 58.3 Å². The second-order valence-corrected chi connectivity index (χ2v) is 8.98. The van der Waals surface area contributed by atoms with Gasteiger partial charge in [-0.1, -0.05) is 29.9 Å². The predicted octanol–water partition coefficient (Wildman–Crippen LogP) is 4.75. The molecule has 3 aliphatic rings. The summed E-state index contributed by atoms with van der Waals surface area (Å²) >= 11 is 0. The zero-order chi connectivity index (χ0) is 20.1. The number of aliphatic hydroxyl groups excluding tert-OH is 1. The van der Waals surface area contributed by atoms with Gasteiger partial charge in [-0.25, -0.2) is 0 Å². The molecule has 0 spiro atoms. The Morgan fingerprint density at radius 1 is 1.18 bits per heavy atom. The van der Waals surface area contributed by atoms with Gasteiger partial charge in [0.2, 0.25) is 0 Å². The van der Waals surface area contributed by atoms with Crippen molar-refractivity contribution in [1.29, 1.82) is 0 Å². The van der Waals surface area contributed by atoms with Gasteiger partial charge >= 0.3 is 5.97 Å². The lowest BCUT2D eigenvalue weighted by Gasteiger charge is -2.40. The van der Waals surface area contributed by atoms with Crippen molar-refractivity contribution in [1.82, 2.24) is 0 Å². The molecule has 3 rings (SSSR count). The molecule has 4 nitrogen and oxygen atoms in total. The van der Waals surface area contributed by atoms with E-state index in [1.54, 1.807) is 7.11 Å². The highest BCUT2D eigenvalue weighted by Crippen LogP contribution is 2.44. The summed E-state index contributed by atoms with van der Waals surface area (Å²) in [4.78, 5) is 11.1. The molecule has 0 radical (unpaired) electrons. The predicted molar refractivity (Wildman–Crippen MR) is 111 cm³/mol. The molecule has 156 valence electrons.